The van der Waals surface area contributed by atoms with Crippen LogP contribution in [-0.4, -0.2) is 26.5 Å². The first-order valence-corrected chi connectivity index (χ1v) is 5.90. The zero-order chi connectivity index (χ0) is 9.61. The van der Waals surface area contributed by atoms with Crippen LogP contribution in [0.3, 0.4) is 0 Å². The third-order valence-electron chi connectivity index (χ3n) is 1.68. The van der Waals surface area contributed by atoms with Crippen molar-refractivity contribution in [2.75, 3.05) is 18.1 Å². The molecule has 0 saturated carbocycles. The van der Waals surface area contributed by atoms with Gasteiger partial charge in [0, 0.05) is 12.3 Å². The van der Waals surface area contributed by atoms with Crippen LogP contribution in [0.1, 0.15) is 20.3 Å². The SMILES string of the molecule is CCS(=O)(=O)CC/C=C(/C)CN. The standard InChI is InChI=1S/C8H17NO2S/c1-3-12(10,11)6-4-5-8(2)7-9/h5H,3-4,6-7,9H2,1-2H3/b8-5-. The van der Waals surface area contributed by atoms with Crippen LogP contribution in [0, 0.1) is 0 Å². The molecule has 0 radical (unpaired) electrons. The summed E-state index contributed by atoms with van der Waals surface area (Å²) in [4.78, 5) is 0. The molecule has 0 bridgehead atoms. The molecule has 72 valence electrons. The fraction of sp³-hybridized carbons (Fsp3) is 0.750. The monoisotopic (exact) mass is 191 g/mol. The Kier molecular flexibility index (Phi) is 5.17. The van der Waals surface area contributed by atoms with E-state index in [1.54, 1.807) is 6.92 Å². The number of nitrogens with two attached hydrogens (primary N) is 1. The summed E-state index contributed by atoms with van der Waals surface area (Å²) in [6.07, 6.45) is 2.46. The maximum absolute atomic E-state index is 11.0. The lowest BCUT2D eigenvalue weighted by molar-refractivity contribution is 0.597. The van der Waals surface area contributed by atoms with Gasteiger partial charge in [-0.15, -0.1) is 0 Å². The smallest absolute Gasteiger partial charge is 0.150 e. The molecule has 2 N–H and O–H groups in total. The van der Waals surface area contributed by atoms with Gasteiger partial charge in [0.05, 0.1) is 5.75 Å². The normalized spacial score (nSPS) is 13.4. The van der Waals surface area contributed by atoms with Gasteiger partial charge in [-0.25, -0.2) is 8.42 Å². The van der Waals surface area contributed by atoms with Crippen LogP contribution < -0.4 is 5.73 Å². The topological polar surface area (TPSA) is 60.2 Å². The first-order chi connectivity index (χ1) is 5.52. The Hall–Kier alpha value is -0.350. The van der Waals surface area contributed by atoms with E-state index < -0.39 is 9.84 Å². The molecule has 0 aromatic carbocycles. The summed E-state index contributed by atoms with van der Waals surface area (Å²) >= 11 is 0. The summed E-state index contributed by atoms with van der Waals surface area (Å²) in [6, 6.07) is 0. The molecule has 0 atom stereocenters. The molecule has 0 aromatic heterocycles. The van der Waals surface area contributed by atoms with Gasteiger partial charge in [-0.3, -0.25) is 0 Å². The van der Waals surface area contributed by atoms with E-state index in [1.807, 2.05) is 13.0 Å². The summed E-state index contributed by atoms with van der Waals surface area (Å²) in [5, 5.41) is 0. The number of hydrogen-bond donors (Lipinski definition) is 1. The lowest BCUT2D eigenvalue weighted by atomic mass is 10.2. The molecule has 0 aromatic rings. The van der Waals surface area contributed by atoms with Crippen molar-refractivity contribution in [2.45, 2.75) is 20.3 Å². The average molecular weight is 191 g/mol. The van der Waals surface area contributed by atoms with E-state index in [1.165, 1.54) is 0 Å². The Bertz CT molecular complexity index is 242. The number of sulfone groups is 1. The van der Waals surface area contributed by atoms with Gasteiger partial charge in [-0.05, 0) is 13.3 Å². The minimum Gasteiger partial charge on any atom is -0.327 e. The molecule has 0 aliphatic rings. The highest BCUT2D eigenvalue weighted by Gasteiger charge is 2.04. The fourth-order valence-electron chi connectivity index (χ4n) is 0.713. The summed E-state index contributed by atoms with van der Waals surface area (Å²) in [7, 11) is -2.81. The Balaban J connectivity index is 3.86. The maximum Gasteiger partial charge on any atom is 0.150 e. The molecule has 0 unspecified atom stereocenters. The highest BCUT2D eigenvalue weighted by Crippen LogP contribution is 1.97. The summed E-state index contributed by atoms with van der Waals surface area (Å²) in [5.74, 6) is 0.462. The van der Waals surface area contributed by atoms with Crippen LogP contribution in [0.5, 0.6) is 0 Å². The fourth-order valence-corrected chi connectivity index (χ4v) is 1.48. The summed E-state index contributed by atoms with van der Waals surface area (Å²) < 4.78 is 22.0. The van der Waals surface area contributed by atoms with Gasteiger partial charge in [-0.1, -0.05) is 18.6 Å². The van der Waals surface area contributed by atoms with Crippen LogP contribution in [0.4, 0.5) is 0 Å². The van der Waals surface area contributed by atoms with E-state index >= 15 is 0 Å². The third kappa shape index (κ3) is 5.32. The van der Waals surface area contributed by atoms with Gasteiger partial charge in [0.25, 0.3) is 0 Å². The Morgan fingerprint density at radius 3 is 2.50 bits per heavy atom. The second kappa shape index (κ2) is 5.32. The molecular weight excluding hydrogens is 174 g/mol. The predicted molar refractivity (Wildman–Crippen MR) is 51.8 cm³/mol. The Morgan fingerprint density at radius 2 is 2.08 bits per heavy atom. The van der Waals surface area contributed by atoms with Crippen molar-refractivity contribution in [2.24, 2.45) is 5.73 Å². The van der Waals surface area contributed by atoms with Crippen molar-refractivity contribution >= 4 is 9.84 Å². The van der Waals surface area contributed by atoms with Gasteiger partial charge >= 0.3 is 0 Å². The Labute approximate surface area is 74.6 Å². The molecular formula is C8H17NO2S. The molecule has 0 aliphatic carbocycles. The quantitative estimate of drug-likeness (QED) is 0.651. The van der Waals surface area contributed by atoms with Gasteiger partial charge < -0.3 is 5.73 Å². The summed E-state index contributed by atoms with van der Waals surface area (Å²) in [6.45, 7) is 4.07. The number of hydrogen-bond acceptors (Lipinski definition) is 3. The van der Waals surface area contributed by atoms with Crippen molar-refractivity contribution in [1.82, 2.24) is 0 Å². The zero-order valence-corrected chi connectivity index (χ0v) is 8.52. The van der Waals surface area contributed by atoms with Gasteiger partial charge in [-0.2, -0.15) is 0 Å². The van der Waals surface area contributed by atoms with Crippen molar-refractivity contribution in [1.29, 1.82) is 0 Å². The molecule has 0 rings (SSSR count). The van der Waals surface area contributed by atoms with Crippen LogP contribution in [0.2, 0.25) is 0 Å². The predicted octanol–water partition coefficient (Wildman–Crippen LogP) is 0.716. The van der Waals surface area contributed by atoms with E-state index in [4.69, 9.17) is 5.73 Å². The molecule has 0 heterocycles. The largest absolute Gasteiger partial charge is 0.327 e. The minimum absolute atomic E-state index is 0.225. The first-order valence-electron chi connectivity index (χ1n) is 4.08. The van der Waals surface area contributed by atoms with Crippen molar-refractivity contribution in [3.63, 3.8) is 0 Å². The van der Waals surface area contributed by atoms with Crippen LogP contribution >= 0.6 is 0 Å². The molecule has 0 aliphatic heterocycles. The molecule has 0 saturated heterocycles. The van der Waals surface area contributed by atoms with E-state index in [0.29, 0.717) is 13.0 Å². The maximum atomic E-state index is 11.0. The summed E-state index contributed by atoms with van der Waals surface area (Å²) in [5.41, 5.74) is 6.38. The zero-order valence-electron chi connectivity index (χ0n) is 7.71. The van der Waals surface area contributed by atoms with Crippen LogP contribution in [-0.2, 0) is 9.84 Å². The average Bonchev–Trinajstić information content (AvgIpc) is 2.04. The first kappa shape index (κ1) is 11.6. The van der Waals surface area contributed by atoms with Crippen molar-refractivity contribution < 1.29 is 8.42 Å². The lowest BCUT2D eigenvalue weighted by Gasteiger charge is -1.98. The van der Waals surface area contributed by atoms with Crippen molar-refractivity contribution in [3.05, 3.63) is 11.6 Å². The number of rotatable bonds is 5. The molecule has 4 heteroatoms. The molecule has 0 spiro atoms. The van der Waals surface area contributed by atoms with Gasteiger partial charge in [0.2, 0.25) is 0 Å². The molecule has 12 heavy (non-hydrogen) atoms. The highest BCUT2D eigenvalue weighted by molar-refractivity contribution is 7.91. The van der Waals surface area contributed by atoms with E-state index in [9.17, 15) is 8.42 Å². The molecule has 3 nitrogen and oxygen atoms in total. The van der Waals surface area contributed by atoms with E-state index in [0.717, 1.165) is 5.57 Å². The van der Waals surface area contributed by atoms with E-state index in [-0.39, 0.29) is 11.5 Å². The van der Waals surface area contributed by atoms with Crippen LogP contribution in [0.15, 0.2) is 11.6 Å². The van der Waals surface area contributed by atoms with E-state index in [2.05, 4.69) is 0 Å². The van der Waals surface area contributed by atoms with Gasteiger partial charge in [0.15, 0.2) is 0 Å². The second-order valence-electron chi connectivity index (χ2n) is 2.78. The molecule has 0 amide bonds. The third-order valence-corrected chi connectivity index (χ3v) is 3.42. The minimum atomic E-state index is -2.81. The van der Waals surface area contributed by atoms with Crippen LogP contribution in [0.25, 0.3) is 0 Å². The highest BCUT2D eigenvalue weighted by atomic mass is 32.2. The molecule has 0 fully saturated rings. The van der Waals surface area contributed by atoms with Crippen molar-refractivity contribution in [3.8, 4) is 0 Å². The second-order valence-corrected chi connectivity index (χ2v) is 5.25. The van der Waals surface area contributed by atoms with Gasteiger partial charge in [0.1, 0.15) is 9.84 Å². The Morgan fingerprint density at radius 1 is 1.50 bits per heavy atom. The lowest BCUT2D eigenvalue weighted by Crippen LogP contribution is -2.08. The number of allylic oxidation sites excluding steroid dienone is 1.